The molecule has 3 aliphatic heterocycles. The highest BCUT2D eigenvalue weighted by Crippen LogP contribution is 2.55. The number of anilines is 2. The molecule has 0 aliphatic carbocycles. The molecule has 1 atom stereocenters. The third-order valence-corrected chi connectivity index (χ3v) is 6.36. The highest BCUT2D eigenvalue weighted by atomic mass is 16.2. The second-order valence-electron chi connectivity index (χ2n) is 8.67. The zero-order chi connectivity index (χ0) is 20.6. The van der Waals surface area contributed by atoms with Gasteiger partial charge in [-0.15, -0.1) is 0 Å². The first kappa shape index (κ1) is 17.9. The predicted molar refractivity (Wildman–Crippen MR) is 109 cm³/mol. The lowest BCUT2D eigenvalue weighted by atomic mass is 9.84. The van der Waals surface area contributed by atoms with E-state index in [0.29, 0.717) is 12.2 Å². The average Bonchev–Trinajstić information content (AvgIpc) is 3.23. The highest BCUT2D eigenvalue weighted by molar-refractivity contribution is 6.26. The zero-order valence-corrected chi connectivity index (χ0v) is 16.8. The molecule has 0 radical (unpaired) electrons. The Kier molecular flexibility index (Phi) is 3.51. The molecule has 3 heterocycles. The fourth-order valence-corrected chi connectivity index (χ4v) is 4.83. The van der Waals surface area contributed by atoms with Crippen molar-refractivity contribution in [2.24, 2.45) is 5.41 Å². The van der Waals surface area contributed by atoms with Gasteiger partial charge >= 0.3 is 0 Å². The lowest BCUT2D eigenvalue weighted by Crippen LogP contribution is -2.54. The third kappa shape index (κ3) is 2.14. The minimum atomic E-state index is -1.30. The van der Waals surface area contributed by atoms with E-state index >= 15 is 0 Å². The number of amides is 3. The molecule has 29 heavy (non-hydrogen) atoms. The molecular formula is C23H23N3O3. The van der Waals surface area contributed by atoms with Crippen molar-refractivity contribution < 1.29 is 14.4 Å². The molecule has 2 saturated heterocycles. The summed E-state index contributed by atoms with van der Waals surface area (Å²) in [7, 11) is 0. The first-order valence-corrected chi connectivity index (χ1v) is 9.99. The van der Waals surface area contributed by atoms with Crippen molar-refractivity contribution >= 4 is 29.1 Å². The minimum Gasteiger partial charge on any atom is -0.280 e. The molecule has 5 rings (SSSR count). The number of fused-ring (bicyclic) bond motifs is 5. The lowest BCUT2D eigenvalue weighted by molar-refractivity contribution is -0.146. The van der Waals surface area contributed by atoms with Gasteiger partial charge in [-0.1, -0.05) is 37.3 Å². The number of nitrogens with zero attached hydrogens (tertiary/aromatic N) is 3. The van der Waals surface area contributed by atoms with Crippen LogP contribution in [0.15, 0.2) is 48.5 Å². The van der Waals surface area contributed by atoms with Gasteiger partial charge in [-0.3, -0.25) is 19.4 Å². The van der Waals surface area contributed by atoms with Gasteiger partial charge in [-0.2, -0.15) is 0 Å². The van der Waals surface area contributed by atoms with Gasteiger partial charge < -0.3 is 0 Å². The van der Waals surface area contributed by atoms with E-state index in [-0.39, 0.29) is 24.1 Å². The van der Waals surface area contributed by atoms with E-state index in [2.05, 4.69) is 6.92 Å². The molecule has 2 fully saturated rings. The maximum atomic E-state index is 13.8. The van der Waals surface area contributed by atoms with E-state index in [9.17, 15) is 14.4 Å². The standard InChI is InChI=1S/C23H23N3O3/c1-4-15-9-11-16(12-10-15)25-19(27)13-23(21(25)29)17-7-5-6-8-18(17)24-14-22(2,3)20(28)26(23)24/h5-12H,4,13-14H2,1-3H3. The Morgan fingerprint density at radius 2 is 1.62 bits per heavy atom. The van der Waals surface area contributed by atoms with Gasteiger partial charge in [-0.05, 0) is 44.0 Å². The zero-order valence-electron chi connectivity index (χ0n) is 16.8. The summed E-state index contributed by atoms with van der Waals surface area (Å²) in [5.41, 5.74) is 1.32. The second kappa shape index (κ2) is 5.69. The van der Waals surface area contributed by atoms with Crippen molar-refractivity contribution in [1.82, 2.24) is 5.01 Å². The van der Waals surface area contributed by atoms with Crippen molar-refractivity contribution in [1.29, 1.82) is 0 Å². The van der Waals surface area contributed by atoms with Crippen LogP contribution in [0.4, 0.5) is 11.4 Å². The Balaban J connectivity index is 1.67. The van der Waals surface area contributed by atoms with E-state index in [0.717, 1.165) is 23.2 Å². The third-order valence-electron chi connectivity index (χ3n) is 6.36. The van der Waals surface area contributed by atoms with Crippen molar-refractivity contribution in [3.8, 4) is 0 Å². The maximum absolute atomic E-state index is 13.8. The number of carbonyl (C=O) groups is 3. The topological polar surface area (TPSA) is 60.9 Å². The largest absolute Gasteiger partial charge is 0.280 e. The SMILES string of the molecule is CCc1ccc(N2C(=O)CC3(C2=O)c2ccccc2N2CC(C)(C)C(=O)N23)cc1. The van der Waals surface area contributed by atoms with Crippen LogP contribution in [0, 0.1) is 5.41 Å². The molecule has 0 aromatic heterocycles. The summed E-state index contributed by atoms with van der Waals surface area (Å²) >= 11 is 0. The number of carbonyl (C=O) groups excluding carboxylic acids is 3. The number of aryl methyl sites for hydroxylation is 1. The Hall–Kier alpha value is -3.15. The summed E-state index contributed by atoms with van der Waals surface area (Å²) in [6.07, 6.45) is 0.836. The van der Waals surface area contributed by atoms with Crippen LogP contribution in [-0.4, -0.2) is 29.3 Å². The molecule has 6 nitrogen and oxygen atoms in total. The first-order valence-electron chi connectivity index (χ1n) is 9.99. The van der Waals surface area contributed by atoms with Crippen molar-refractivity contribution in [3.05, 3.63) is 59.7 Å². The van der Waals surface area contributed by atoms with Crippen LogP contribution in [0.1, 0.15) is 38.3 Å². The van der Waals surface area contributed by atoms with Gasteiger partial charge in [-0.25, -0.2) is 9.91 Å². The van der Waals surface area contributed by atoms with E-state index < -0.39 is 11.0 Å². The van der Waals surface area contributed by atoms with Crippen molar-refractivity contribution in [2.45, 2.75) is 39.2 Å². The van der Waals surface area contributed by atoms with Gasteiger partial charge in [0.25, 0.3) is 5.91 Å². The number of hydrogen-bond acceptors (Lipinski definition) is 4. The number of hydrazine groups is 1. The molecule has 3 aliphatic rings. The van der Waals surface area contributed by atoms with Gasteiger partial charge in [0.05, 0.1) is 29.8 Å². The fourth-order valence-electron chi connectivity index (χ4n) is 4.83. The molecule has 3 amide bonds. The van der Waals surface area contributed by atoms with Crippen molar-refractivity contribution in [2.75, 3.05) is 16.5 Å². The fraction of sp³-hybridized carbons (Fsp3) is 0.348. The highest BCUT2D eigenvalue weighted by Gasteiger charge is 2.68. The lowest BCUT2D eigenvalue weighted by Gasteiger charge is -2.33. The summed E-state index contributed by atoms with van der Waals surface area (Å²) in [4.78, 5) is 41.5. The van der Waals surface area contributed by atoms with E-state index in [1.54, 1.807) is 5.01 Å². The molecule has 6 heteroatoms. The van der Waals surface area contributed by atoms with Crippen molar-refractivity contribution in [3.63, 3.8) is 0 Å². The van der Waals surface area contributed by atoms with Crippen LogP contribution in [0.2, 0.25) is 0 Å². The Labute approximate surface area is 169 Å². The van der Waals surface area contributed by atoms with Crippen LogP contribution in [0.3, 0.4) is 0 Å². The van der Waals surface area contributed by atoms with Crippen LogP contribution in [-0.2, 0) is 26.3 Å². The van der Waals surface area contributed by atoms with E-state index in [1.165, 1.54) is 4.90 Å². The number of hydrogen-bond donors (Lipinski definition) is 0. The molecule has 0 N–H and O–H groups in total. The van der Waals surface area contributed by atoms with Gasteiger partial charge in [0.2, 0.25) is 11.8 Å². The summed E-state index contributed by atoms with van der Waals surface area (Å²) in [5.74, 6) is -0.765. The molecule has 1 unspecified atom stereocenters. The van der Waals surface area contributed by atoms with Crippen LogP contribution >= 0.6 is 0 Å². The molecule has 2 aromatic rings. The molecular weight excluding hydrogens is 366 g/mol. The van der Waals surface area contributed by atoms with Gasteiger partial charge in [0, 0.05) is 5.56 Å². The van der Waals surface area contributed by atoms with Crippen LogP contribution in [0.25, 0.3) is 0 Å². The molecule has 148 valence electrons. The maximum Gasteiger partial charge on any atom is 0.267 e. The van der Waals surface area contributed by atoms with Gasteiger partial charge in [0.1, 0.15) is 0 Å². The van der Waals surface area contributed by atoms with Crippen LogP contribution in [0.5, 0.6) is 0 Å². The summed E-state index contributed by atoms with van der Waals surface area (Å²) in [5, 5.41) is 3.44. The number of rotatable bonds is 2. The molecule has 0 bridgehead atoms. The molecule has 2 aromatic carbocycles. The first-order chi connectivity index (χ1) is 13.8. The number of para-hydroxylation sites is 1. The summed E-state index contributed by atoms with van der Waals surface area (Å²) < 4.78 is 0. The Morgan fingerprint density at radius 3 is 2.31 bits per heavy atom. The Morgan fingerprint density at radius 1 is 0.931 bits per heavy atom. The number of imide groups is 1. The summed E-state index contributed by atoms with van der Waals surface area (Å²) in [6.45, 7) is 6.30. The second-order valence-corrected chi connectivity index (χ2v) is 8.67. The molecule has 0 saturated carbocycles. The molecule has 1 spiro atoms. The normalized spacial score (nSPS) is 24.7. The monoisotopic (exact) mass is 389 g/mol. The van der Waals surface area contributed by atoms with Gasteiger partial charge in [0.15, 0.2) is 5.54 Å². The van der Waals surface area contributed by atoms with E-state index in [1.807, 2.05) is 67.4 Å². The minimum absolute atomic E-state index is 0.0449. The van der Waals surface area contributed by atoms with Crippen LogP contribution < -0.4 is 9.91 Å². The average molecular weight is 389 g/mol. The smallest absolute Gasteiger partial charge is 0.267 e. The predicted octanol–water partition coefficient (Wildman–Crippen LogP) is 3.01. The number of benzene rings is 2. The van der Waals surface area contributed by atoms with E-state index in [4.69, 9.17) is 0 Å². The quantitative estimate of drug-likeness (QED) is 0.741. The Bertz CT molecular complexity index is 1060. The summed E-state index contributed by atoms with van der Waals surface area (Å²) in [6, 6.07) is 15.0.